The zero-order chi connectivity index (χ0) is 10.4. The smallest absolute Gasteiger partial charge is 0.0218 e. The topological polar surface area (TPSA) is 15.3 Å². The van der Waals surface area contributed by atoms with Crippen molar-refractivity contribution in [1.29, 1.82) is 0 Å². The molecule has 0 aromatic carbocycles. The summed E-state index contributed by atoms with van der Waals surface area (Å²) < 4.78 is 0. The molecule has 2 atom stereocenters. The van der Waals surface area contributed by atoms with E-state index in [0.717, 1.165) is 6.54 Å². The predicted molar refractivity (Wildman–Crippen MR) is 65.6 cm³/mol. The highest BCUT2D eigenvalue weighted by atomic mass is 32.2. The predicted octanol–water partition coefficient (Wildman–Crippen LogP) is 2.51. The highest BCUT2D eigenvalue weighted by molar-refractivity contribution is 7.99. The van der Waals surface area contributed by atoms with Gasteiger partial charge in [-0.2, -0.15) is 11.8 Å². The third kappa shape index (κ3) is 3.79. The van der Waals surface area contributed by atoms with Gasteiger partial charge in [0.15, 0.2) is 0 Å². The summed E-state index contributed by atoms with van der Waals surface area (Å²) in [5, 5.41) is 2.46. The lowest BCUT2D eigenvalue weighted by molar-refractivity contribution is 0.0492. The molecule has 0 saturated carbocycles. The standard InChI is InChI=1S/C11H24N2S/c1-4-14-9-8-12-13-10(2)6-5-7-11(13)3/h10-12H,4-9H2,1-3H3. The summed E-state index contributed by atoms with van der Waals surface area (Å²) in [6.45, 7) is 8.00. The zero-order valence-electron chi connectivity index (χ0n) is 9.75. The van der Waals surface area contributed by atoms with Gasteiger partial charge in [0, 0.05) is 24.4 Å². The van der Waals surface area contributed by atoms with E-state index in [1.165, 1.54) is 30.8 Å². The van der Waals surface area contributed by atoms with Crippen LogP contribution in [-0.2, 0) is 0 Å². The molecular formula is C11H24N2S. The third-order valence-electron chi connectivity index (χ3n) is 2.94. The van der Waals surface area contributed by atoms with E-state index in [0.29, 0.717) is 12.1 Å². The first kappa shape index (κ1) is 12.3. The molecule has 0 spiro atoms. The van der Waals surface area contributed by atoms with Crippen molar-refractivity contribution in [2.24, 2.45) is 0 Å². The average Bonchev–Trinajstić information content (AvgIpc) is 2.16. The maximum Gasteiger partial charge on any atom is 0.0218 e. The lowest BCUT2D eigenvalue weighted by Crippen LogP contribution is -2.52. The summed E-state index contributed by atoms with van der Waals surface area (Å²) >= 11 is 2.01. The molecule has 2 unspecified atom stereocenters. The van der Waals surface area contributed by atoms with Crippen LogP contribution in [0.4, 0.5) is 0 Å². The van der Waals surface area contributed by atoms with Gasteiger partial charge in [0.05, 0.1) is 0 Å². The minimum Gasteiger partial charge on any atom is -0.254 e. The summed E-state index contributed by atoms with van der Waals surface area (Å²) in [7, 11) is 0. The second kappa shape index (κ2) is 6.70. The molecule has 1 heterocycles. The van der Waals surface area contributed by atoms with E-state index in [9.17, 15) is 0 Å². The van der Waals surface area contributed by atoms with Crippen molar-refractivity contribution < 1.29 is 0 Å². The van der Waals surface area contributed by atoms with Crippen molar-refractivity contribution in [2.75, 3.05) is 18.1 Å². The van der Waals surface area contributed by atoms with Gasteiger partial charge >= 0.3 is 0 Å². The number of hydrazine groups is 1. The Morgan fingerprint density at radius 2 is 1.93 bits per heavy atom. The highest BCUT2D eigenvalue weighted by Gasteiger charge is 2.23. The average molecular weight is 216 g/mol. The molecule has 1 aliphatic rings. The number of nitrogens with one attached hydrogen (secondary N) is 1. The molecule has 1 aliphatic heterocycles. The van der Waals surface area contributed by atoms with Crippen LogP contribution in [0.1, 0.15) is 40.0 Å². The van der Waals surface area contributed by atoms with Crippen molar-refractivity contribution in [3.63, 3.8) is 0 Å². The van der Waals surface area contributed by atoms with Gasteiger partial charge in [-0.15, -0.1) is 0 Å². The second-order valence-corrected chi connectivity index (χ2v) is 5.54. The molecule has 3 heteroatoms. The van der Waals surface area contributed by atoms with Crippen LogP contribution >= 0.6 is 11.8 Å². The Morgan fingerprint density at radius 3 is 2.50 bits per heavy atom. The van der Waals surface area contributed by atoms with Crippen LogP contribution in [0.15, 0.2) is 0 Å². The van der Waals surface area contributed by atoms with E-state index in [1.807, 2.05) is 11.8 Å². The van der Waals surface area contributed by atoms with Crippen molar-refractivity contribution >= 4 is 11.8 Å². The lowest BCUT2D eigenvalue weighted by atomic mass is 10.00. The van der Waals surface area contributed by atoms with E-state index in [1.54, 1.807) is 0 Å². The second-order valence-electron chi connectivity index (χ2n) is 4.14. The fourth-order valence-corrected chi connectivity index (χ4v) is 2.65. The molecule has 84 valence electrons. The van der Waals surface area contributed by atoms with Crippen LogP contribution in [0.5, 0.6) is 0 Å². The van der Waals surface area contributed by atoms with Crippen LogP contribution < -0.4 is 5.43 Å². The Hall–Kier alpha value is 0.270. The van der Waals surface area contributed by atoms with Gasteiger partial charge in [-0.3, -0.25) is 5.43 Å². The van der Waals surface area contributed by atoms with Crippen LogP contribution in [0.25, 0.3) is 0 Å². The van der Waals surface area contributed by atoms with Crippen LogP contribution in [0.2, 0.25) is 0 Å². The molecule has 2 nitrogen and oxygen atoms in total. The van der Waals surface area contributed by atoms with Gasteiger partial charge in [0.25, 0.3) is 0 Å². The molecule has 0 bridgehead atoms. The number of hydrogen-bond donors (Lipinski definition) is 1. The maximum absolute atomic E-state index is 3.57. The summed E-state index contributed by atoms with van der Waals surface area (Å²) in [4.78, 5) is 0. The molecular weight excluding hydrogens is 192 g/mol. The fourth-order valence-electron chi connectivity index (χ4n) is 2.12. The van der Waals surface area contributed by atoms with Crippen LogP contribution in [-0.4, -0.2) is 35.1 Å². The number of thioether (sulfide) groups is 1. The molecule has 0 aromatic rings. The van der Waals surface area contributed by atoms with Crippen molar-refractivity contribution in [2.45, 2.75) is 52.1 Å². The van der Waals surface area contributed by atoms with Crippen LogP contribution in [0, 0.1) is 0 Å². The van der Waals surface area contributed by atoms with Gasteiger partial charge in [-0.1, -0.05) is 13.3 Å². The summed E-state index contributed by atoms with van der Waals surface area (Å²) in [5.41, 5.74) is 3.57. The molecule has 0 amide bonds. The van der Waals surface area contributed by atoms with Crippen molar-refractivity contribution in [3.8, 4) is 0 Å². The fraction of sp³-hybridized carbons (Fsp3) is 1.00. The SMILES string of the molecule is CCSCCNN1C(C)CCCC1C. The molecule has 1 saturated heterocycles. The molecule has 0 aromatic heterocycles. The van der Waals surface area contributed by atoms with E-state index in [-0.39, 0.29) is 0 Å². The molecule has 1 rings (SSSR count). The Kier molecular flexibility index (Phi) is 5.90. The largest absolute Gasteiger partial charge is 0.254 e. The first-order valence-electron chi connectivity index (χ1n) is 5.85. The normalized spacial score (nSPS) is 29.4. The Balaban J connectivity index is 2.19. The Morgan fingerprint density at radius 1 is 1.29 bits per heavy atom. The number of nitrogens with zero attached hydrogens (tertiary/aromatic N) is 1. The van der Waals surface area contributed by atoms with Gasteiger partial charge < -0.3 is 0 Å². The van der Waals surface area contributed by atoms with E-state index >= 15 is 0 Å². The minimum atomic E-state index is 0.713. The van der Waals surface area contributed by atoms with Gasteiger partial charge in [-0.25, -0.2) is 5.01 Å². The molecule has 1 N–H and O–H groups in total. The first-order valence-corrected chi connectivity index (χ1v) is 7.00. The monoisotopic (exact) mass is 216 g/mol. The van der Waals surface area contributed by atoms with Crippen molar-refractivity contribution in [3.05, 3.63) is 0 Å². The molecule has 14 heavy (non-hydrogen) atoms. The number of rotatable bonds is 5. The van der Waals surface area contributed by atoms with E-state index in [4.69, 9.17) is 0 Å². The lowest BCUT2D eigenvalue weighted by Gasteiger charge is -2.39. The van der Waals surface area contributed by atoms with E-state index < -0.39 is 0 Å². The van der Waals surface area contributed by atoms with Gasteiger partial charge in [-0.05, 0) is 32.4 Å². The van der Waals surface area contributed by atoms with Crippen LogP contribution in [0.3, 0.4) is 0 Å². The van der Waals surface area contributed by atoms with E-state index in [2.05, 4.69) is 31.2 Å². The molecule has 1 fully saturated rings. The minimum absolute atomic E-state index is 0.713. The Labute approximate surface area is 92.8 Å². The van der Waals surface area contributed by atoms with Gasteiger partial charge in [0.2, 0.25) is 0 Å². The Bertz CT molecular complexity index is 142. The number of piperidine rings is 1. The van der Waals surface area contributed by atoms with Crippen molar-refractivity contribution in [1.82, 2.24) is 10.4 Å². The third-order valence-corrected chi connectivity index (χ3v) is 3.84. The maximum atomic E-state index is 3.57. The van der Waals surface area contributed by atoms with Gasteiger partial charge in [0.1, 0.15) is 0 Å². The summed E-state index contributed by atoms with van der Waals surface area (Å²) in [5.74, 6) is 2.46. The molecule has 0 aliphatic carbocycles. The zero-order valence-corrected chi connectivity index (χ0v) is 10.6. The highest BCUT2D eigenvalue weighted by Crippen LogP contribution is 2.19. The summed E-state index contributed by atoms with van der Waals surface area (Å²) in [6.07, 6.45) is 4.08. The molecule has 0 radical (unpaired) electrons. The quantitative estimate of drug-likeness (QED) is 0.711. The summed E-state index contributed by atoms with van der Waals surface area (Å²) in [6, 6.07) is 1.43. The number of hydrogen-bond acceptors (Lipinski definition) is 3. The first-order chi connectivity index (χ1) is 6.75.